The van der Waals surface area contributed by atoms with E-state index < -0.39 is 0 Å². The van der Waals surface area contributed by atoms with Gasteiger partial charge in [0, 0.05) is 18.8 Å². The third-order valence-corrected chi connectivity index (χ3v) is 3.87. The minimum atomic E-state index is -0.00252. The standard InChI is InChI=1S/C15H24N2O/c1-12-10-13(2)15(18)17(14(3)11-12)9-8-16-6-4-5-7-16/h10-11,13H,4-9H2,1-3H3. The predicted octanol–water partition coefficient (Wildman–Crippen LogP) is 2.41. The van der Waals surface area contributed by atoms with Crippen molar-refractivity contribution in [3.05, 3.63) is 23.4 Å². The summed E-state index contributed by atoms with van der Waals surface area (Å²) in [4.78, 5) is 16.7. The largest absolute Gasteiger partial charge is 0.315 e. The molecule has 2 heterocycles. The first-order valence-electron chi connectivity index (χ1n) is 6.98. The van der Waals surface area contributed by atoms with Crippen molar-refractivity contribution in [3.63, 3.8) is 0 Å². The zero-order valence-electron chi connectivity index (χ0n) is 11.8. The third-order valence-electron chi connectivity index (χ3n) is 3.87. The summed E-state index contributed by atoms with van der Waals surface area (Å²) in [5, 5.41) is 0. The lowest BCUT2D eigenvalue weighted by molar-refractivity contribution is -0.131. The topological polar surface area (TPSA) is 23.6 Å². The zero-order chi connectivity index (χ0) is 13.1. The van der Waals surface area contributed by atoms with Crippen LogP contribution in [-0.4, -0.2) is 41.9 Å². The Bertz CT molecular complexity index is 378. The lowest BCUT2D eigenvalue weighted by Gasteiger charge is -2.26. The van der Waals surface area contributed by atoms with Crippen LogP contribution in [0.5, 0.6) is 0 Å². The normalized spacial score (nSPS) is 26.1. The Morgan fingerprint density at radius 1 is 1.22 bits per heavy atom. The van der Waals surface area contributed by atoms with E-state index in [0.717, 1.165) is 18.8 Å². The highest BCUT2D eigenvalue weighted by Crippen LogP contribution is 2.19. The molecule has 2 aliphatic heterocycles. The van der Waals surface area contributed by atoms with Gasteiger partial charge in [-0.15, -0.1) is 0 Å². The fourth-order valence-electron chi connectivity index (χ4n) is 2.87. The number of likely N-dealkylation sites (tertiary alicyclic amines) is 1. The summed E-state index contributed by atoms with van der Waals surface area (Å²) in [7, 11) is 0. The van der Waals surface area contributed by atoms with Crippen molar-refractivity contribution in [1.82, 2.24) is 9.80 Å². The first kappa shape index (κ1) is 13.3. The smallest absolute Gasteiger partial charge is 0.233 e. The monoisotopic (exact) mass is 248 g/mol. The third kappa shape index (κ3) is 3.02. The van der Waals surface area contributed by atoms with Gasteiger partial charge in [-0.3, -0.25) is 4.79 Å². The molecule has 0 aliphatic carbocycles. The lowest BCUT2D eigenvalue weighted by Crippen LogP contribution is -2.38. The summed E-state index contributed by atoms with van der Waals surface area (Å²) in [5.74, 6) is 0.233. The number of rotatable bonds is 3. The van der Waals surface area contributed by atoms with Crippen LogP contribution in [-0.2, 0) is 4.79 Å². The lowest BCUT2D eigenvalue weighted by atomic mass is 10.1. The van der Waals surface area contributed by atoms with Gasteiger partial charge in [0.1, 0.15) is 0 Å². The molecule has 100 valence electrons. The van der Waals surface area contributed by atoms with Gasteiger partial charge in [0.05, 0.1) is 5.92 Å². The molecule has 1 saturated heterocycles. The summed E-state index contributed by atoms with van der Waals surface area (Å²) in [6, 6.07) is 0. The van der Waals surface area contributed by atoms with Crippen LogP contribution in [0.2, 0.25) is 0 Å². The Morgan fingerprint density at radius 3 is 2.56 bits per heavy atom. The van der Waals surface area contributed by atoms with E-state index in [0.29, 0.717) is 0 Å². The molecule has 1 atom stereocenters. The maximum Gasteiger partial charge on any atom is 0.233 e. The Morgan fingerprint density at radius 2 is 1.89 bits per heavy atom. The second-order valence-corrected chi connectivity index (χ2v) is 5.52. The number of carbonyl (C=O) groups is 1. The van der Waals surface area contributed by atoms with Crippen LogP contribution in [0.15, 0.2) is 23.4 Å². The highest BCUT2D eigenvalue weighted by Gasteiger charge is 2.23. The summed E-state index contributed by atoms with van der Waals surface area (Å²) in [6.45, 7) is 10.3. The van der Waals surface area contributed by atoms with Crippen molar-refractivity contribution < 1.29 is 4.79 Å². The summed E-state index contributed by atoms with van der Waals surface area (Å²) >= 11 is 0. The molecule has 3 heteroatoms. The van der Waals surface area contributed by atoms with E-state index in [1.807, 2.05) is 18.7 Å². The molecule has 3 nitrogen and oxygen atoms in total. The van der Waals surface area contributed by atoms with Crippen molar-refractivity contribution in [2.45, 2.75) is 33.6 Å². The van der Waals surface area contributed by atoms with Crippen molar-refractivity contribution in [3.8, 4) is 0 Å². The van der Waals surface area contributed by atoms with E-state index in [1.54, 1.807) is 0 Å². The maximum absolute atomic E-state index is 12.3. The molecular formula is C15H24N2O. The summed E-state index contributed by atoms with van der Waals surface area (Å²) < 4.78 is 0. The Labute approximate surface area is 110 Å². The number of hydrogen-bond acceptors (Lipinski definition) is 2. The molecule has 0 N–H and O–H groups in total. The fraction of sp³-hybridized carbons (Fsp3) is 0.667. The molecular weight excluding hydrogens is 224 g/mol. The molecule has 0 aromatic rings. The van der Waals surface area contributed by atoms with Gasteiger partial charge in [0.15, 0.2) is 0 Å². The molecule has 1 fully saturated rings. The molecule has 2 aliphatic rings. The van der Waals surface area contributed by atoms with Crippen LogP contribution in [0.4, 0.5) is 0 Å². The zero-order valence-corrected chi connectivity index (χ0v) is 11.8. The average molecular weight is 248 g/mol. The number of nitrogens with zero attached hydrogens (tertiary/aromatic N) is 2. The van der Waals surface area contributed by atoms with Gasteiger partial charge in [-0.05, 0) is 45.9 Å². The van der Waals surface area contributed by atoms with E-state index in [-0.39, 0.29) is 11.8 Å². The average Bonchev–Trinajstić information content (AvgIpc) is 2.78. The van der Waals surface area contributed by atoms with Gasteiger partial charge in [-0.2, -0.15) is 0 Å². The van der Waals surface area contributed by atoms with Crippen molar-refractivity contribution in [2.75, 3.05) is 26.2 Å². The van der Waals surface area contributed by atoms with Crippen molar-refractivity contribution >= 4 is 5.91 Å². The quantitative estimate of drug-likeness (QED) is 0.766. The van der Waals surface area contributed by atoms with E-state index in [4.69, 9.17) is 0 Å². The highest BCUT2D eigenvalue weighted by atomic mass is 16.2. The minimum absolute atomic E-state index is 0.00252. The van der Waals surface area contributed by atoms with Crippen LogP contribution in [0.25, 0.3) is 0 Å². The van der Waals surface area contributed by atoms with Crippen LogP contribution in [0, 0.1) is 5.92 Å². The summed E-state index contributed by atoms with van der Waals surface area (Å²) in [5.41, 5.74) is 2.27. The second kappa shape index (κ2) is 5.70. The number of amides is 1. The van der Waals surface area contributed by atoms with E-state index in [2.05, 4.69) is 24.0 Å². The van der Waals surface area contributed by atoms with Gasteiger partial charge in [-0.25, -0.2) is 0 Å². The molecule has 0 aromatic carbocycles. The van der Waals surface area contributed by atoms with Gasteiger partial charge >= 0.3 is 0 Å². The first-order valence-corrected chi connectivity index (χ1v) is 6.98. The Balaban J connectivity index is 2.01. The SMILES string of the molecule is CC1=CC(C)C(=O)N(CCN2CCCC2)C(C)=C1. The summed E-state index contributed by atoms with van der Waals surface area (Å²) in [6.07, 6.45) is 6.78. The van der Waals surface area contributed by atoms with E-state index in [1.165, 1.54) is 31.5 Å². The van der Waals surface area contributed by atoms with Crippen molar-refractivity contribution in [1.29, 1.82) is 0 Å². The minimum Gasteiger partial charge on any atom is -0.315 e. The maximum atomic E-state index is 12.3. The van der Waals surface area contributed by atoms with Crippen molar-refractivity contribution in [2.24, 2.45) is 5.92 Å². The Hall–Kier alpha value is -1.09. The van der Waals surface area contributed by atoms with Gasteiger partial charge in [0.25, 0.3) is 0 Å². The number of allylic oxidation sites excluding steroid dienone is 3. The van der Waals surface area contributed by atoms with Crippen LogP contribution in [0.1, 0.15) is 33.6 Å². The van der Waals surface area contributed by atoms with Gasteiger partial charge in [-0.1, -0.05) is 18.6 Å². The Kier molecular flexibility index (Phi) is 4.23. The molecule has 0 spiro atoms. The highest BCUT2D eigenvalue weighted by molar-refractivity contribution is 5.82. The van der Waals surface area contributed by atoms with Gasteiger partial charge in [0.2, 0.25) is 5.91 Å². The van der Waals surface area contributed by atoms with Crippen LogP contribution >= 0.6 is 0 Å². The molecule has 1 amide bonds. The molecule has 18 heavy (non-hydrogen) atoms. The number of hydrogen-bond donors (Lipinski definition) is 0. The molecule has 0 radical (unpaired) electrons. The fourth-order valence-corrected chi connectivity index (χ4v) is 2.87. The molecule has 0 aromatic heterocycles. The van der Waals surface area contributed by atoms with E-state index in [9.17, 15) is 4.79 Å². The molecule has 0 bridgehead atoms. The van der Waals surface area contributed by atoms with E-state index >= 15 is 0 Å². The van der Waals surface area contributed by atoms with Gasteiger partial charge < -0.3 is 9.80 Å². The first-order chi connectivity index (χ1) is 8.58. The molecule has 2 rings (SSSR count). The van der Waals surface area contributed by atoms with Crippen LogP contribution < -0.4 is 0 Å². The molecule has 0 saturated carbocycles. The molecule has 1 unspecified atom stereocenters. The predicted molar refractivity (Wildman–Crippen MR) is 74.1 cm³/mol. The number of carbonyl (C=O) groups excluding carboxylic acids is 1. The second-order valence-electron chi connectivity index (χ2n) is 5.52. The van der Waals surface area contributed by atoms with Crippen LogP contribution in [0.3, 0.4) is 0 Å².